The molecule has 0 saturated heterocycles. The molecule has 0 aliphatic carbocycles. The van der Waals surface area contributed by atoms with Crippen LogP contribution in [-0.4, -0.2) is 25.0 Å². The molecule has 110 valence electrons. The van der Waals surface area contributed by atoms with Gasteiger partial charge in [-0.3, -0.25) is 4.79 Å². The second kappa shape index (κ2) is 8.54. The second-order valence-corrected chi connectivity index (χ2v) is 5.42. The van der Waals surface area contributed by atoms with E-state index in [1.807, 2.05) is 44.2 Å². The van der Waals surface area contributed by atoms with E-state index in [9.17, 15) is 4.79 Å². The van der Waals surface area contributed by atoms with E-state index in [1.54, 1.807) is 6.08 Å². The highest BCUT2D eigenvalue weighted by Gasteiger charge is 2.02. The van der Waals surface area contributed by atoms with Crippen LogP contribution in [0.25, 0.3) is 6.08 Å². The number of ketones is 1. The largest absolute Gasteiger partial charge is 0.492 e. The lowest BCUT2D eigenvalue weighted by Gasteiger charge is -2.10. The van der Waals surface area contributed by atoms with E-state index >= 15 is 0 Å². The predicted octanol–water partition coefficient (Wildman–Crippen LogP) is 3.30. The molecule has 3 heteroatoms. The fourth-order valence-electron chi connectivity index (χ4n) is 1.60. The van der Waals surface area contributed by atoms with Gasteiger partial charge in [0.1, 0.15) is 12.4 Å². The van der Waals surface area contributed by atoms with E-state index in [4.69, 9.17) is 4.74 Å². The summed E-state index contributed by atoms with van der Waals surface area (Å²) in [5.41, 5.74) is 0.980. The van der Waals surface area contributed by atoms with Crippen LogP contribution in [0.1, 0.15) is 33.3 Å². The maximum atomic E-state index is 11.5. The number of allylic oxidation sites excluding steroid dienone is 1. The smallest absolute Gasteiger partial charge is 0.158 e. The minimum absolute atomic E-state index is 0.0350. The van der Waals surface area contributed by atoms with Gasteiger partial charge in [0.15, 0.2) is 5.78 Å². The van der Waals surface area contributed by atoms with Crippen LogP contribution in [0.15, 0.2) is 30.3 Å². The Kier molecular flexibility index (Phi) is 7.02. The lowest BCUT2D eigenvalue weighted by molar-refractivity contribution is -0.117. The first-order chi connectivity index (χ1) is 9.49. The van der Waals surface area contributed by atoms with Crippen LogP contribution in [0.3, 0.4) is 0 Å². The van der Waals surface area contributed by atoms with Crippen molar-refractivity contribution >= 4 is 11.9 Å². The summed E-state index contributed by atoms with van der Waals surface area (Å²) in [6, 6.07) is 8.24. The molecule has 1 N–H and O–H groups in total. The molecule has 3 nitrogen and oxygen atoms in total. The number of carbonyl (C=O) groups excluding carboxylic acids is 1. The van der Waals surface area contributed by atoms with Crippen molar-refractivity contribution in [2.24, 2.45) is 5.92 Å². The average Bonchev–Trinajstić information content (AvgIpc) is 2.41. The van der Waals surface area contributed by atoms with Crippen molar-refractivity contribution in [2.45, 2.75) is 33.7 Å². The zero-order valence-corrected chi connectivity index (χ0v) is 12.8. The van der Waals surface area contributed by atoms with E-state index in [-0.39, 0.29) is 11.7 Å². The van der Waals surface area contributed by atoms with Gasteiger partial charge in [-0.25, -0.2) is 0 Å². The molecular weight excluding hydrogens is 250 g/mol. The Morgan fingerprint density at radius 2 is 2.05 bits per heavy atom. The molecule has 0 bridgehead atoms. The zero-order valence-electron chi connectivity index (χ0n) is 12.8. The number of hydrogen-bond acceptors (Lipinski definition) is 3. The van der Waals surface area contributed by atoms with Gasteiger partial charge < -0.3 is 10.1 Å². The van der Waals surface area contributed by atoms with Gasteiger partial charge in [-0.2, -0.15) is 0 Å². The summed E-state index contributed by atoms with van der Waals surface area (Å²) in [4.78, 5) is 11.5. The van der Waals surface area contributed by atoms with Crippen molar-refractivity contribution < 1.29 is 9.53 Å². The Labute approximate surface area is 122 Å². The Morgan fingerprint density at radius 1 is 1.30 bits per heavy atom. The molecule has 0 aromatic heterocycles. The van der Waals surface area contributed by atoms with Crippen molar-refractivity contribution in [3.05, 3.63) is 35.9 Å². The SMILES string of the molecule is CC(C)NCCOc1cccc(/C=C/C(=O)C(C)C)c1. The summed E-state index contributed by atoms with van der Waals surface area (Å²) in [6.45, 7) is 9.47. The Bertz CT molecular complexity index is 450. The van der Waals surface area contributed by atoms with E-state index in [2.05, 4.69) is 19.2 Å². The molecule has 0 heterocycles. The molecule has 0 unspecified atom stereocenters. The van der Waals surface area contributed by atoms with Gasteiger partial charge in [-0.05, 0) is 23.8 Å². The predicted molar refractivity (Wildman–Crippen MR) is 84.0 cm³/mol. The molecular formula is C17H25NO2. The number of rotatable bonds is 8. The van der Waals surface area contributed by atoms with Crippen LogP contribution in [0.2, 0.25) is 0 Å². The minimum atomic E-state index is 0.0350. The zero-order chi connectivity index (χ0) is 15.0. The lowest BCUT2D eigenvalue weighted by Crippen LogP contribution is -2.27. The number of nitrogens with one attached hydrogen (secondary N) is 1. The summed E-state index contributed by atoms with van der Waals surface area (Å²) in [6.07, 6.45) is 3.46. The first-order valence-electron chi connectivity index (χ1n) is 7.17. The van der Waals surface area contributed by atoms with E-state index in [1.165, 1.54) is 0 Å². The lowest BCUT2D eigenvalue weighted by atomic mass is 10.1. The maximum Gasteiger partial charge on any atom is 0.158 e. The topological polar surface area (TPSA) is 38.3 Å². The van der Waals surface area contributed by atoms with Crippen LogP contribution < -0.4 is 10.1 Å². The van der Waals surface area contributed by atoms with Crippen LogP contribution in [0.5, 0.6) is 5.75 Å². The van der Waals surface area contributed by atoms with Crippen molar-refractivity contribution in [3.63, 3.8) is 0 Å². The first kappa shape index (κ1) is 16.4. The van der Waals surface area contributed by atoms with Crippen LogP contribution in [0.4, 0.5) is 0 Å². The third-order valence-electron chi connectivity index (χ3n) is 2.79. The van der Waals surface area contributed by atoms with Crippen molar-refractivity contribution in [3.8, 4) is 5.75 Å². The van der Waals surface area contributed by atoms with Crippen LogP contribution in [-0.2, 0) is 4.79 Å². The molecule has 0 aliphatic heterocycles. The minimum Gasteiger partial charge on any atom is -0.492 e. The van der Waals surface area contributed by atoms with Gasteiger partial charge in [-0.1, -0.05) is 45.9 Å². The average molecular weight is 275 g/mol. The molecule has 0 saturated carbocycles. The monoisotopic (exact) mass is 275 g/mol. The summed E-state index contributed by atoms with van der Waals surface area (Å²) in [5.74, 6) is 1.000. The summed E-state index contributed by atoms with van der Waals surface area (Å²) >= 11 is 0. The highest BCUT2D eigenvalue weighted by molar-refractivity contribution is 5.94. The molecule has 0 amide bonds. The third kappa shape index (κ3) is 6.53. The summed E-state index contributed by atoms with van der Waals surface area (Å²) < 4.78 is 5.67. The number of benzene rings is 1. The molecule has 0 fully saturated rings. The molecule has 20 heavy (non-hydrogen) atoms. The van der Waals surface area contributed by atoms with Crippen molar-refractivity contribution in [1.82, 2.24) is 5.32 Å². The fourth-order valence-corrected chi connectivity index (χ4v) is 1.60. The standard InChI is InChI=1S/C17H25NO2/c1-13(2)17(19)9-8-15-6-5-7-16(12-15)20-11-10-18-14(3)4/h5-9,12-14,18H,10-11H2,1-4H3/b9-8+. The van der Waals surface area contributed by atoms with Gasteiger partial charge >= 0.3 is 0 Å². The number of hydrogen-bond donors (Lipinski definition) is 1. The van der Waals surface area contributed by atoms with Crippen molar-refractivity contribution in [1.29, 1.82) is 0 Å². The summed E-state index contributed by atoms with van der Waals surface area (Å²) in [7, 11) is 0. The van der Waals surface area contributed by atoms with Crippen molar-refractivity contribution in [2.75, 3.05) is 13.2 Å². The van der Waals surface area contributed by atoms with Gasteiger partial charge in [0.2, 0.25) is 0 Å². The van der Waals surface area contributed by atoms with Gasteiger partial charge in [-0.15, -0.1) is 0 Å². The normalized spacial score (nSPS) is 11.5. The van der Waals surface area contributed by atoms with Crippen LogP contribution >= 0.6 is 0 Å². The third-order valence-corrected chi connectivity index (χ3v) is 2.79. The second-order valence-electron chi connectivity index (χ2n) is 5.42. The Balaban J connectivity index is 2.51. The fraction of sp³-hybridized carbons (Fsp3) is 0.471. The van der Waals surface area contributed by atoms with E-state index < -0.39 is 0 Å². The molecule has 0 aliphatic rings. The highest BCUT2D eigenvalue weighted by Crippen LogP contribution is 2.14. The molecule has 0 atom stereocenters. The van der Waals surface area contributed by atoms with E-state index in [0.29, 0.717) is 12.6 Å². The Morgan fingerprint density at radius 3 is 2.70 bits per heavy atom. The van der Waals surface area contributed by atoms with Crippen LogP contribution in [0, 0.1) is 5.92 Å². The first-order valence-corrected chi connectivity index (χ1v) is 7.17. The van der Waals surface area contributed by atoms with Gasteiger partial charge in [0.25, 0.3) is 0 Å². The number of ether oxygens (including phenoxy) is 1. The number of carbonyl (C=O) groups is 1. The molecule has 1 aromatic rings. The molecule has 1 aromatic carbocycles. The molecule has 0 spiro atoms. The maximum absolute atomic E-state index is 11.5. The quantitative estimate of drug-likeness (QED) is 0.584. The highest BCUT2D eigenvalue weighted by atomic mass is 16.5. The van der Waals surface area contributed by atoms with Gasteiger partial charge in [0.05, 0.1) is 0 Å². The van der Waals surface area contributed by atoms with Gasteiger partial charge in [0, 0.05) is 18.5 Å². The Hall–Kier alpha value is -1.61. The van der Waals surface area contributed by atoms with E-state index in [0.717, 1.165) is 17.9 Å². The molecule has 0 radical (unpaired) electrons. The summed E-state index contributed by atoms with van der Waals surface area (Å²) in [5, 5.41) is 3.30. The molecule has 1 rings (SSSR count).